The van der Waals surface area contributed by atoms with E-state index in [9.17, 15) is 18.3 Å². The normalized spacial score (nSPS) is 12.3. The summed E-state index contributed by atoms with van der Waals surface area (Å²) in [5.41, 5.74) is 5.54. The van der Waals surface area contributed by atoms with E-state index in [1.54, 1.807) is 18.2 Å². The first kappa shape index (κ1) is 25.8. The maximum atomic E-state index is 12.8. The Kier molecular flexibility index (Phi) is 8.82. The number of halogens is 4. The molecular formula is C21H24ClF3N4O2S. The Balaban J connectivity index is 0.00000363. The van der Waals surface area contributed by atoms with Gasteiger partial charge in [-0.2, -0.15) is 31.7 Å². The average Bonchev–Trinajstić information content (AvgIpc) is 2.69. The monoisotopic (exact) mass is 488 g/mol. The number of hydrogen-bond donors (Lipinski definition) is 3. The van der Waals surface area contributed by atoms with E-state index in [4.69, 9.17) is 22.1 Å². The molecule has 0 aliphatic carbocycles. The molecule has 1 heterocycles. The van der Waals surface area contributed by atoms with Crippen LogP contribution >= 0.6 is 25.1 Å². The van der Waals surface area contributed by atoms with E-state index >= 15 is 0 Å². The minimum Gasteiger partial charge on any atom is -0.456 e. The predicted molar refractivity (Wildman–Crippen MR) is 125 cm³/mol. The van der Waals surface area contributed by atoms with Crippen molar-refractivity contribution >= 4 is 47.8 Å². The van der Waals surface area contributed by atoms with Crippen molar-refractivity contribution in [3.63, 3.8) is 0 Å². The van der Waals surface area contributed by atoms with Crippen molar-refractivity contribution in [2.45, 2.75) is 38.4 Å². The highest BCUT2D eigenvalue weighted by molar-refractivity contribution is 7.59. The molecule has 0 saturated carbocycles. The summed E-state index contributed by atoms with van der Waals surface area (Å²) in [7, 11) is 0. The third-order valence-corrected chi connectivity index (χ3v) is 4.92. The number of aliphatic hydroxyl groups excluding tert-OH is 1. The molecule has 0 bridgehead atoms. The molecule has 0 radical (unpaired) electrons. The highest BCUT2D eigenvalue weighted by Gasteiger charge is 2.31. The first-order valence-corrected chi connectivity index (χ1v) is 10.1. The number of rotatable bonds is 8. The van der Waals surface area contributed by atoms with E-state index in [0.717, 1.165) is 25.0 Å². The fourth-order valence-electron chi connectivity index (χ4n) is 3.17. The van der Waals surface area contributed by atoms with Crippen LogP contribution in [0.1, 0.15) is 31.7 Å². The lowest BCUT2D eigenvalue weighted by atomic mass is 10.1. The molecule has 0 fully saturated rings. The van der Waals surface area contributed by atoms with Gasteiger partial charge in [0.15, 0.2) is 0 Å². The van der Waals surface area contributed by atoms with Crippen molar-refractivity contribution in [1.82, 2.24) is 9.97 Å². The number of aliphatic hydroxyl groups is 1. The number of nitrogens with zero attached hydrogens (tertiary/aromatic N) is 2. The van der Waals surface area contributed by atoms with E-state index in [-0.39, 0.29) is 42.9 Å². The summed E-state index contributed by atoms with van der Waals surface area (Å²) >= 11 is 5.99. The van der Waals surface area contributed by atoms with E-state index in [2.05, 4.69) is 15.3 Å². The first-order valence-electron chi connectivity index (χ1n) is 9.70. The Morgan fingerprint density at radius 2 is 1.91 bits per heavy atom. The minimum atomic E-state index is -4.49. The second-order valence-corrected chi connectivity index (χ2v) is 7.40. The number of aromatic nitrogens is 2. The van der Waals surface area contributed by atoms with Crippen molar-refractivity contribution in [1.29, 1.82) is 0 Å². The van der Waals surface area contributed by atoms with Crippen LogP contribution in [0.5, 0.6) is 11.5 Å². The van der Waals surface area contributed by atoms with Gasteiger partial charge < -0.3 is 20.9 Å². The lowest BCUT2D eigenvalue weighted by Gasteiger charge is -2.19. The summed E-state index contributed by atoms with van der Waals surface area (Å²) in [6, 6.07) is 7.83. The van der Waals surface area contributed by atoms with Gasteiger partial charge in [0.2, 0.25) is 5.95 Å². The molecule has 0 aliphatic heterocycles. The summed E-state index contributed by atoms with van der Waals surface area (Å²) in [6.45, 7) is 2.06. The third-order valence-electron chi connectivity index (χ3n) is 4.63. The van der Waals surface area contributed by atoms with Crippen LogP contribution in [0.15, 0.2) is 36.4 Å². The van der Waals surface area contributed by atoms with Crippen molar-refractivity contribution in [3.05, 3.63) is 47.0 Å². The number of ether oxygens (including phenoxy) is 1. The number of nitrogen functional groups attached to an aromatic ring is 1. The van der Waals surface area contributed by atoms with Crippen LogP contribution in [0.3, 0.4) is 0 Å². The zero-order chi connectivity index (χ0) is 22.6. The van der Waals surface area contributed by atoms with Gasteiger partial charge in [0.05, 0.1) is 16.1 Å². The highest BCUT2D eigenvalue weighted by atomic mass is 35.5. The molecule has 1 atom stereocenters. The first-order chi connectivity index (χ1) is 14.7. The molecular weight excluding hydrogens is 465 g/mol. The molecule has 2 aromatic carbocycles. The molecule has 0 saturated heterocycles. The Hall–Kier alpha value is -2.43. The molecule has 0 amide bonds. The maximum absolute atomic E-state index is 12.8. The number of alkyl halides is 3. The smallest absolute Gasteiger partial charge is 0.416 e. The van der Waals surface area contributed by atoms with Gasteiger partial charge in [0.1, 0.15) is 17.3 Å². The number of fused-ring (bicyclic) bond motifs is 1. The van der Waals surface area contributed by atoms with Gasteiger partial charge >= 0.3 is 6.18 Å². The summed E-state index contributed by atoms with van der Waals surface area (Å²) in [4.78, 5) is 8.49. The molecule has 3 rings (SSSR count). The topological polar surface area (TPSA) is 93.3 Å². The van der Waals surface area contributed by atoms with Crippen molar-refractivity contribution < 1.29 is 23.0 Å². The van der Waals surface area contributed by atoms with Gasteiger partial charge in [-0.3, -0.25) is 0 Å². The third kappa shape index (κ3) is 6.30. The van der Waals surface area contributed by atoms with E-state index in [1.807, 2.05) is 6.92 Å². The second-order valence-electron chi connectivity index (χ2n) is 7.00. The number of anilines is 2. The van der Waals surface area contributed by atoms with Crippen LogP contribution in [0.25, 0.3) is 10.9 Å². The Morgan fingerprint density at radius 1 is 1.16 bits per heavy atom. The Morgan fingerprint density at radius 3 is 2.53 bits per heavy atom. The fourth-order valence-corrected chi connectivity index (χ4v) is 3.39. The molecule has 174 valence electrons. The lowest BCUT2D eigenvalue weighted by molar-refractivity contribution is -0.137. The number of hydrogen-bond acceptors (Lipinski definition) is 6. The fraction of sp³-hybridized carbons (Fsp3) is 0.333. The summed E-state index contributed by atoms with van der Waals surface area (Å²) in [5.74, 6) is 1.01. The molecule has 3 aromatic rings. The summed E-state index contributed by atoms with van der Waals surface area (Å²) < 4.78 is 44.3. The van der Waals surface area contributed by atoms with E-state index in [1.165, 1.54) is 6.07 Å². The summed E-state index contributed by atoms with van der Waals surface area (Å²) in [5, 5.41) is 13.1. The summed E-state index contributed by atoms with van der Waals surface area (Å²) in [6.07, 6.45) is -2.22. The van der Waals surface area contributed by atoms with Crippen LogP contribution in [0.2, 0.25) is 5.02 Å². The quantitative estimate of drug-likeness (QED) is 0.373. The molecule has 32 heavy (non-hydrogen) atoms. The van der Waals surface area contributed by atoms with Gasteiger partial charge in [-0.15, -0.1) is 0 Å². The zero-order valence-corrected chi connectivity index (χ0v) is 19.0. The van der Waals surface area contributed by atoms with Gasteiger partial charge in [0, 0.05) is 18.0 Å². The zero-order valence-electron chi connectivity index (χ0n) is 17.2. The van der Waals surface area contributed by atoms with Gasteiger partial charge in [-0.1, -0.05) is 24.9 Å². The van der Waals surface area contributed by atoms with Crippen LogP contribution in [-0.2, 0) is 6.18 Å². The Bertz CT molecular complexity index is 1060. The average molecular weight is 489 g/mol. The van der Waals surface area contributed by atoms with E-state index < -0.39 is 11.7 Å². The molecule has 0 unspecified atom stereocenters. The van der Waals surface area contributed by atoms with Crippen molar-refractivity contribution in [2.75, 3.05) is 17.7 Å². The molecule has 0 spiro atoms. The van der Waals surface area contributed by atoms with Crippen LogP contribution < -0.4 is 15.8 Å². The highest BCUT2D eigenvalue weighted by Crippen LogP contribution is 2.37. The maximum Gasteiger partial charge on any atom is 0.416 e. The standard InChI is InChI=1S/C21H22ClF3N4O2.H2S/c1-2-3-13(8-9-30)27-19-15-11-14(5-6-17(15)28-20(26)29-19)31-18-7-4-12(10-16(18)22)21(23,24)25;/h4-7,10-11,13,30H,2-3,8-9H2,1H3,(H3,26,27,28,29);1H2/t13-;/m0./s1. The predicted octanol–water partition coefficient (Wildman–Crippen LogP) is 5.75. The SMILES string of the molecule is CCC[C@@H](CCO)Nc1nc(N)nc2ccc(Oc3ccc(C(F)(F)F)cc3Cl)cc12.S. The number of nitrogens with two attached hydrogens (primary N) is 1. The van der Waals surface area contributed by atoms with Crippen molar-refractivity contribution in [3.8, 4) is 11.5 Å². The van der Waals surface area contributed by atoms with Crippen LogP contribution in [0.4, 0.5) is 24.9 Å². The number of benzene rings is 2. The largest absolute Gasteiger partial charge is 0.456 e. The number of nitrogens with one attached hydrogen (secondary N) is 1. The molecule has 0 aliphatic rings. The van der Waals surface area contributed by atoms with Gasteiger partial charge in [-0.25, -0.2) is 4.98 Å². The second kappa shape index (κ2) is 10.9. The van der Waals surface area contributed by atoms with Gasteiger partial charge in [0.25, 0.3) is 0 Å². The molecule has 6 nitrogen and oxygen atoms in total. The molecule has 11 heteroatoms. The van der Waals surface area contributed by atoms with Crippen LogP contribution in [-0.4, -0.2) is 27.7 Å². The van der Waals surface area contributed by atoms with E-state index in [0.29, 0.717) is 28.9 Å². The van der Waals surface area contributed by atoms with Crippen LogP contribution in [0, 0.1) is 0 Å². The minimum absolute atomic E-state index is 0. The lowest BCUT2D eigenvalue weighted by Crippen LogP contribution is -2.22. The van der Waals surface area contributed by atoms with Gasteiger partial charge in [-0.05, 0) is 49.2 Å². The molecule has 4 N–H and O–H groups in total. The molecule has 1 aromatic heterocycles. The Labute approximate surface area is 195 Å². The van der Waals surface area contributed by atoms with Crippen molar-refractivity contribution in [2.24, 2.45) is 0 Å².